The van der Waals surface area contributed by atoms with Crippen molar-refractivity contribution in [1.82, 2.24) is 0 Å². The Balaban J connectivity index is 2.44. The van der Waals surface area contributed by atoms with E-state index in [1.807, 2.05) is 6.07 Å². The van der Waals surface area contributed by atoms with Gasteiger partial charge in [-0.3, -0.25) is 4.79 Å². The van der Waals surface area contributed by atoms with E-state index in [2.05, 4.69) is 12.2 Å². The minimum Gasteiger partial charge on any atom is -0.423 e. The number of aryl methyl sites for hydroxylation is 1. The summed E-state index contributed by atoms with van der Waals surface area (Å²) < 4.78 is 5.19. The molecule has 0 bridgehead atoms. The molecule has 106 valence electrons. The van der Waals surface area contributed by atoms with E-state index >= 15 is 0 Å². The molecule has 0 saturated heterocycles. The van der Waals surface area contributed by atoms with Crippen molar-refractivity contribution in [3.05, 3.63) is 40.2 Å². The van der Waals surface area contributed by atoms with Gasteiger partial charge >= 0.3 is 5.63 Å². The van der Waals surface area contributed by atoms with Crippen LogP contribution in [-0.2, 0) is 11.2 Å². The topological polar surface area (TPSA) is 85.3 Å². The van der Waals surface area contributed by atoms with Crippen molar-refractivity contribution in [3.63, 3.8) is 0 Å². The number of hydrogen-bond acceptors (Lipinski definition) is 4. The molecule has 0 aliphatic carbocycles. The summed E-state index contributed by atoms with van der Waals surface area (Å²) in [5, 5.41) is 3.57. The molecule has 0 fully saturated rings. The number of rotatable bonds is 4. The van der Waals surface area contributed by atoms with Crippen LogP contribution >= 0.6 is 0 Å². The predicted molar refractivity (Wildman–Crippen MR) is 78.8 cm³/mol. The molecule has 1 aromatic carbocycles. The van der Waals surface area contributed by atoms with Crippen LogP contribution in [0.1, 0.15) is 25.8 Å². The van der Waals surface area contributed by atoms with E-state index in [9.17, 15) is 9.59 Å². The summed E-state index contributed by atoms with van der Waals surface area (Å²) in [6.45, 7) is 3.66. The monoisotopic (exact) mass is 274 g/mol. The van der Waals surface area contributed by atoms with E-state index in [1.54, 1.807) is 19.1 Å². The van der Waals surface area contributed by atoms with E-state index < -0.39 is 6.04 Å². The van der Waals surface area contributed by atoms with Crippen molar-refractivity contribution in [1.29, 1.82) is 0 Å². The van der Waals surface area contributed by atoms with Crippen LogP contribution in [0.4, 0.5) is 5.69 Å². The fourth-order valence-corrected chi connectivity index (χ4v) is 2.04. The minimum atomic E-state index is -0.593. The van der Waals surface area contributed by atoms with Crippen LogP contribution in [0, 0.1) is 0 Å². The molecular formula is C15H18N2O3. The summed E-state index contributed by atoms with van der Waals surface area (Å²) in [6.07, 6.45) is 1.76. The number of benzene rings is 1. The summed E-state index contributed by atoms with van der Waals surface area (Å²) >= 11 is 0. The number of carbonyl (C=O) groups excluding carboxylic acids is 1. The predicted octanol–water partition coefficient (Wildman–Crippen LogP) is 2.03. The van der Waals surface area contributed by atoms with Crippen molar-refractivity contribution in [3.8, 4) is 0 Å². The average molecular weight is 274 g/mol. The fraction of sp³-hybridized carbons (Fsp3) is 0.333. The van der Waals surface area contributed by atoms with Crippen LogP contribution < -0.4 is 16.7 Å². The number of nitrogens with one attached hydrogen (secondary N) is 1. The highest BCUT2D eigenvalue weighted by Crippen LogP contribution is 2.22. The molecule has 2 aromatic rings. The number of carbonyl (C=O) groups is 1. The second-order valence-electron chi connectivity index (χ2n) is 4.83. The zero-order valence-electron chi connectivity index (χ0n) is 11.6. The molecule has 0 aliphatic heterocycles. The Morgan fingerprint density at radius 3 is 2.80 bits per heavy atom. The Morgan fingerprint density at radius 1 is 1.40 bits per heavy atom. The lowest BCUT2D eigenvalue weighted by Crippen LogP contribution is -2.32. The Hall–Kier alpha value is -2.14. The summed E-state index contributed by atoms with van der Waals surface area (Å²) in [4.78, 5) is 23.1. The molecule has 3 N–H and O–H groups in total. The number of amides is 1. The van der Waals surface area contributed by atoms with E-state index in [0.29, 0.717) is 11.3 Å². The molecule has 1 heterocycles. The molecule has 0 saturated carbocycles. The molecule has 2 rings (SSSR count). The highest BCUT2D eigenvalue weighted by atomic mass is 16.4. The van der Waals surface area contributed by atoms with Gasteiger partial charge in [-0.25, -0.2) is 4.79 Å². The molecule has 1 amide bonds. The first-order valence-corrected chi connectivity index (χ1v) is 6.64. The number of anilines is 1. The van der Waals surface area contributed by atoms with Gasteiger partial charge in [-0.2, -0.15) is 0 Å². The Bertz CT molecular complexity index is 689. The Labute approximate surface area is 116 Å². The van der Waals surface area contributed by atoms with Gasteiger partial charge in [-0.1, -0.05) is 13.3 Å². The van der Waals surface area contributed by atoms with Crippen LogP contribution in [0.2, 0.25) is 0 Å². The molecule has 1 atom stereocenters. The van der Waals surface area contributed by atoms with Gasteiger partial charge in [0.25, 0.3) is 0 Å². The third kappa shape index (κ3) is 3.05. The van der Waals surface area contributed by atoms with Crippen molar-refractivity contribution in [2.75, 3.05) is 5.32 Å². The van der Waals surface area contributed by atoms with Gasteiger partial charge in [0.05, 0.1) is 6.04 Å². The maximum Gasteiger partial charge on any atom is 0.336 e. The lowest BCUT2D eigenvalue weighted by molar-refractivity contribution is -0.117. The summed E-state index contributed by atoms with van der Waals surface area (Å²) in [6, 6.07) is 6.20. The summed E-state index contributed by atoms with van der Waals surface area (Å²) in [7, 11) is 0. The average Bonchev–Trinajstić information content (AvgIpc) is 2.38. The molecule has 5 nitrogen and oxygen atoms in total. The first-order valence-electron chi connectivity index (χ1n) is 6.64. The smallest absolute Gasteiger partial charge is 0.336 e. The Kier molecular flexibility index (Phi) is 4.20. The van der Waals surface area contributed by atoms with Crippen LogP contribution in [0.5, 0.6) is 0 Å². The second-order valence-corrected chi connectivity index (χ2v) is 4.83. The molecule has 0 spiro atoms. The number of hydrogen-bond donors (Lipinski definition) is 2. The zero-order valence-corrected chi connectivity index (χ0v) is 11.6. The van der Waals surface area contributed by atoms with Gasteiger partial charge < -0.3 is 15.5 Å². The molecule has 0 unspecified atom stereocenters. The standard InChI is InChI=1S/C15H18N2O3/c1-3-4-10-7-14(18)20-13-8-11(5-6-12(10)13)17-15(19)9(2)16/h5-9H,3-4,16H2,1-2H3,(H,17,19)/t9-/m0/s1. The summed E-state index contributed by atoms with van der Waals surface area (Å²) in [5.41, 5.74) is 7.12. The lowest BCUT2D eigenvalue weighted by atomic mass is 10.1. The summed E-state index contributed by atoms with van der Waals surface area (Å²) in [5.74, 6) is -0.281. The molecule has 0 aliphatic rings. The SMILES string of the molecule is CCCc1cc(=O)oc2cc(NC(=O)[C@H](C)N)ccc12. The quantitative estimate of drug-likeness (QED) is 0.835. The maximum absolute atomic E-state index is 11.6. The molecule has 20 heavy (non-hydrogen) atoms. The van der Waals surface area contributed by atoms with Crippen LogP contribution in [0.15, 0.2) is 33.5 Å². The van der Waals surface area contributed by atoms with Gasteiger partial charge in [-0.15, -0.1) is 0 Å². The third-order valence-corrected chi connectivity index (χ3v) is 3.03. The van der Waals surface area contributed by atoms with Gasteiger partial charge in [0, 0.05) is 23.2 Å². The number of fused-ring (bicyclic) bond motifs is 1. The van der Waals surface area contributed by atoms with E-state index in [-0.39, 0.29) is 11.5 Å². The fourth-order valence-electron chi connectivity index (χ4n) is 2.04. The largest absolute Gasteiger partial charge is 0.423 e. The molecular weight excluding hydrogens is 256 g/mol. The first-order chi connectivity index (χ1) is 9.51. The van der Waals surface area contributed by atoms with E-state index in [0.717, 1.165) is 23.8 Å². The van der Waals surface area contributed by atoms with Crippen LogP contribution in [0.3, 0.4) is 0 Å². The lowest BCUT2D eigenvalue weighted by Gasteiger charge is -2.09. The van der Waals surface area contributed by atoms with Gasteiger partial charge in [0.1, 0.15) is 5.58 Å². The normalized spacial score (nSPS) is 12.3. The first kappa shape index (κ1) is 14.3. The molecule has 0 radical (unpaired) electrons. The third-order valence-electron chi connectivity index (χ3n) is 3.03. The highest BCUT2D eigenvalue weighted by Gasteiger charge is 2.10. The van der Waals surface area contributed by atoms with Gasteiger partial charge in [0.2, 0.25) is 5.91 Å². The molecule has 5 heteroatoms. The highest BCUT2D eigenvalue weighted by molar-refractivity contribution is 5.96. The maximum atomic E-state index is 11.6. The second kappa shape index (κ2) is 5.88. The van der Waals surface area contributed by atoms with Crippen LogP contribution in [0.25, 0.3) is 11.0 Å². The van der Waals surface area contributed by atoms with Crippen LogP contribution in [-0.4, -0.2) is 11.9 Å². The van der Waals surface area contributed by atoms with Crippen molar-refractivity contribution >= 4 is 22.6 Å². The van der Waals surface area contributed by atoms with E-state index in [1.165, 1.54) is 6.07 Å². The number of nitrogens with two attached hydrogens (primary N) is 1. The van der Waals surface area contributed by atoms with Gasteiger partial charge in [-0.05, 0) is 31.0 Å². The molecule has 1 aromatic heterocycles. The zero-order chi connectivity index (χ0) is 14.7. The van der Waals surface area contributed by atoms with Gasteiger partial charge in [0.15, 0.2) is 0 Å². The van der Waals surface area contributed by atoms with Crippen molar-refractivity contribution < 1.29 is 9.21 Å². The Morgan fingerprint density at radius 2 is 2.15 bits per heavy atom. The van der Waals surface area contributed by atoms with Crippen molar-refractivity contribution in [2.24, 2.45) is 5.73 Å². The minimum absolute atomic E-state index is 0.281. The van der Waals surface area contributed by atoms with Crippen molar-refractivity contribution in [2.45, 2.75) is 32.7 Å². The van der Waals surface area contributed by atoms with E-state index in [4.69, 9.17) is 10.2 Å².